The summed E-state index contributed by atoms with van der Waals surface area (Å²) in [6.07, 6.45) is 7.62. The zero-order valence-electron chi connectivity index (χ0n) is 6.51. The van der Waals surface area contributed by atoms with Gasteiger partial charge in [-0.3, -0.25) is 0 Å². The molecule has 1 aliphatic heterocycles. The highest BCUT2D eigenvalue weighted by Gasteiger charge is 2.28. The molecule has 0 aromatic rings. The summed E-state index contributed by atoms with van der Waals surface area (Å²) in [4.78, 5) is 0. The Hall–Kier alpha value is 0.350. The van der Waals surface area contributed by atoms with Crippen LogP contribution in [0.3, 0.4) is 0 Å². The number of hydrogen-bond acceptors (Lipinski definition) is 1. The van der Waals surface area contributed by atoms with E-state index in [9.17, 15) is 0 Å². The van der Waals surface area contributed by atoms with E-state index in [4.69, 9.17) is 0 Å². The highest BCUT2D eigenvalue weighted by Crippen LogP contribution is 2.38. The minimum atomic E-state index is 1.12. The lowest BCUT2D eigenvalue weighted by Crippen LogP contribution is -2.09. The van der Waals surface area contributed by atoms with Gasteiger partial charge < -0.3 is 0 Å². The van der Waals surface area contributed by atoms with Crippen molar-refractivity contribution in [2.45, 2.75) is 32.1 Å². The molecule has 1 saturated heterocycles. The van der Waals surface area contributed by atoms with Crippen molar-refractivity contribution in [2.24, 2.45) is 11.8 Å². The standard InChI is InChI=1S/C9H16S/c1-2-4-8-6-10-7-9(8)5-3-1/h8-9H,1-7H2. The van der Waals surface area contributed by atoms with Gasteiger partial charge in [0.2, 0.25) is 0 Å². The summed E-state index contributed by atoms with van der Waals surface area (Å²) in [5, 5.41) is 0. The molecule has 0 nitrogen and oxygen atoms in total. The van der Waals surface area contributed by atoms with Crippen molar-refractivity contribution in [3.05, 3.63) is 0 Å². The molecule has 0 bridgehead atoms. The largest absolute Gasteiger partial charge is 0.161 e. The summed E-state index contributed by atoms with van der Waals surface area (Å²) in [6, 6.07) is 0. The number of hydrogen-bond donors (Lipinski definition) is 0. The van der Waals surface area contributed by atoms with Crippen LogP contribution < -0.4 is 0 Å². The molecule has 1 heteroatoms. The molecule has 0 amide bonds. The average Bonchev–Trinajstić information content (AvgIpc) is 2.28. The van der Waals surface area contributed by atoms with Gasteiger partial charge in [-0.1, -0.05) is 19.3 Å². The molecule has 1 saturated carbocycles. The molecule has 2 unspecified atom stereocenters. The van der Waals surface area contributed by atoms with Gasteiger partial charge >= 0.3 is 0 Å². The Labute approximate surface area is 67.8 Å². The molecule has 0 radical (unpaired) electrons. The Bertz CT molecular complexity index is 99.3. The quantitative estimate of drug-likeness (QED) is 0.519. The summed E-state index contributed by atoms with van der Waals surface area (Å²) in [7, 11) is 0. The molecule has 0 spiro atoms. The van der Waals surface area contributed by atoms with Gasteiger partial charge in [-0.05, 0) is 36.2 Å². The van der Waals surface area contributed by atoms with Crippen molar-refractivity contribution in [2.75, 3.05) is 11.5 Å². The molecule has 2 atom stereocenters. The van der Waals surface area contributed by atoms with E-state index in [1.807, 2.05) is 0 Å². The molecule has 0 aromatic heterocycles. The maximum atomic E-state index is 2.19. The van der Waals surface area contributed by atoms with E-state index in [0.29, 0.717) is 0 Å². The predicted molar refractivity (Wildman–Crippen MR) is 47.4 cm³/mol. The third-order valence-electron chi connectivity index (χ3n) is 2.98. The normalized spacial score (nSPS) is 40.8. The predicted octanol–water partition coefficient (Wildman–Crippen LogP) is 2.93. The summed E-state index contributed by atoms with van der Waals surface area (Å²) >= 11 is 2.19. The summed E-state index contributed by atoms with van der Waals surface area (Å²) in [5.41, 5.74) is 0. The molecule has 2 fully saturated rings. The molecule has 0 aromatic carbocycles. The van der Waals surface area contributed by atoms with Gasteiger partial charge in [-0.15, -0.1) is 0 Å². The Balaban J connectivity index is 1.95. The first-order chi connectivity index (χ1) is 4.97. The second-order valence-corrected chi connectivity index (χ2v) is 4.77. The van der Waals surface area contributed by atoms with Gasteiger partial charge in [0.15, 0.2) is 0 Å². The van der Waals surface area contributed by atoms with E-state index in [0.717, 1.165) is 11.8 Å². The molecular formula is C9H16S. The van der Waals surface area contributed by atoms with E-state index in [-0.39, 0.29) is 0 Å². The third kappa shape index (κ3) is 1.34. The third-order valence-corrected chi connectivity index (χ3v) is 4.31. The van der Waals surface area contributed by atoms with Gasteiger partial charge in [0.25, 0.3) is 0 Å². The van der Waals surface area contributed by atoms with E-state index in [1.165, 1.54) is 43.6 Å². The molecule has 0 N–H and O–H groups in total. The topological polar surface area (TPSA) is 0 Å². The molecule has 2 aliphatic rings. The van der Waals surface area contributed by atoms with E-state index < -0.39 is 0 Å². The van der Waals surface area contributed by atoms with Crippen LogP contribution in [0.1, 0.15) is 32.1 Å². The van der Waals surface area contributed by atoms with Crippen LogP contribution in [0, 0.1) is 11.8 Å². The van der Waals surface area contributed by atoms with Gasteiger partial charge in [0, 0.05) is 0 Å². The van der Waals surface area contributed by atoms with E-state index in [1.54, 1.807) is 0 Å². The molecular weight excluding hydrogens is 140 g/mol. The second-order valence-electron chi connectivity index (χ2n) is 3.70. The zero-order chi connectivity index (χ0) is 6.81. The van der Waals surface area contributed by atoms with Crippen LogP contribution in [0.2, 0.25) is 0 Å². The second kappa shape index (κ2) is 3.17. The molecule has 2 rings (SSSR count). The van der Waals surface area contributed by atoms with Crippen LogP contribution in [0.4, 0.5) is 0 Å². The van der Waals surface area contributed by atoms with Crippen LogP contribution in [-0.2, 0) is 0 Å². The minimum absolute atomic E-state index is 1.12. The molecule has 10 heavy (non-hydrogen) atoms. The molecule has 58 valence electrons. The Morgan fingerprint density at radius 2 is 1.40 bits per heavy atom. The van der Waals surface area contributed by atoms with Crippen molar-refractivity contribution < 1.29 is 0 Å². The Kier molecular flexibility index (Phi) is 2.22. The first-order valence-electron chi connectivity index (χ1n) is 4.54. The Morgan fingerprint density at radius 3 is 2.00 bits per heavy atom. The fourth-order valence-electron chi connectivity index (χ4n) is 2.27. The van der Waals surface area contributed by atoms with E-state index in [2.05, 4.69) is 11.8 Å². The van der Waals surface area contributed by atoms with Crippen LogP contribution in [-0.4, -0.2) is 11.5 Å². The Morgan fingerprint density at radius 1 is 0.800 bits per heavy atom. The SMILES string of the molecule is C1CCC2CSCC2CC1. The van der Waals surface area contributed by atoms with Crippen molar-refractivity contribution in [3.63, 3.8) is 0 Å². The van der Waals surface area contributed by atoms with Crippen molar-refractivity contribution >= 4 is 11.8 Å². The van der Waals surface area contributed by atoms with E-state index >= 15 is 0 Å². The first kappa shape index (κ1) is 7.02. The van der Waals surface area contributed by atoms with Crippen LogP contribution in [0.5, 0.6) is 0 Å². The van der Waals surface area contributed by atoms with Crippen LogP contribution >= 0.6 is 11.8 Å². The van der Waals surface area contributed by atoms with Gasteiger partial charge in [-0.25, -0.2) is 0 Å². The summed E-state index contributed by atoms with van der Waals surface area (Å²) in [5.74, 6) is 5.19. The molecule has 1 aliphatic carbocycles. The smallest absolute Gasteiger partial charge is 0.00361 e. The van der Waals surface area contributed by atoms with Gasteiger partial charge in [0.1, 0.15) is 0 Å². The van der Waals surface area contributed by atoms with Crippen molar-refractivity contribution in [3.8, 4) is 0 Å². The van der Waals surface area contributed by atoms with Gasteiger partial charge in [0.05, 0.1) is 0 Å². The van der Waals surface area contributed by atoms with Crippen LogP contribution in [0.25, 0.3) is 0 Å². The van der Waals surface area contributed by atoms with Crippen molar-refractivity contribution in [1.29, 1.82) is 0 Å². The maximum absolute atomic E-state index is 2.19. The minimum Gasteiger partial charge on any atom is -0.161 e. The lowest BCUT2D eigenvalue weighted by Gasteiger charge is -2.13. The summed E-state index contributed by atoms with van der Waals surface area (Å²) in [6.45, 7) is 0. The lowest BCUT2D eigenvalue weighted by molar-refractivity contribution is 0.397. The lowest BCUT2D eigenvalue weighted by atomic mass is 9.92. The number of thioether (sulfide) groups is 1. The van der Waals surface area contributed by atoms with Crippen molar-refractivity contribution in [1.82, 2.24) is 0 Å². The summed E-state index contributed by atoms with van der Waals surface area (Å²) < 4.78 is 0. The van der Waals surface area contributed by atoms with Crippen LogP contribution in [0.15, 0.2) is 0 Å². The number of rotatable bonds is 0. The maximum Gasteiger partial charge on any atom is -0.00361 e. The zero-order valence-corrected chi connectivity index (χ0v) is 7.33. The number of fused-ring (bicyclic) bond motifs is 1. The fraction of sp³-hybridized carbons (Fsp3) is 1.00. The highest BCUT2D eigenvalue weighted by atomic mass is 32.2. The van der Waals surface area contributed by atoms with Gasteiger partial charge in [-0.2, -0.15) is 11.8 Å². The first-order valence-corrected chi connectivity index (χ1v) is 5.70. The monoisotopic (exact) mass is 156 g/mol. The fourth-order valence-corrected chi connectivity index (χ4v) is 3.89. The average molecular weight is 156 g/mol. The highest BCUT2D eigenvalue weighted by molar-refractivity contribution is 7.99. The molecule has 1 heterocycles.